The van der Waals surface area contributed by atoms with Gasteiger partial charge >= 0.3 is 5.97 Å². The van der Waals surface area contributed by atoms with Gasteiger partial charge in [-0.2, -0.15) is 0 Å². The summed E-state index contributed by atoms with van der Waals surface area (Å²) in [5.74, 6) is -1.06. The Bertz CT molecular complexity index is 980. The molecule has 0 atom stereocenters. The summed E-state index contributed by atoms with van der Waals surface area (Å²) in [4.78, 5) is 28.6. The monoisotopic (exact) mass is 347 g/mol. The van der Waals surface area contributed by atoms with E-state index in [-0.39, 0.29) is 23.4 Å². The fourth-order valence-electron chi connectivity index (χ4n) is 2.28. The molecule has 1 N–H and O–H groups in total. The predicted molar refractivity (Wildman–Crippen MR) is 89.1 cm³/mol. The molecule has 0 fully saturated rings. The van der Waals surface area contributed by atoms with Crippen molar-refractivity contribution in [2.45, 2.75) is 13.5 Å². The van der Waals surface area contributed by atoms with Gasteiger partial charge in [0.1, 0.15) is 5.82 Å². The lowest BCUT2D eigenvalue weighted by atomic mass is 10.2. The van der Waals surface area contributed by atoms with E-state index in [2.05, 4.69) is 15.0 Å². The predicted octanol–water partition coefficient (Wildman–Crippen LogP) is 2.60. The molecule has 0 aliphatic carbocycles. The molecular weight excluding hydrogens is 333 g/mol. The van der Waals surface area contributed by atoms with Crippen LogP contribution in [0, 0.1) is 12.7 Å². The maximum Gasteiger partial charge on any atom is 0.337 e. The van der Waals surface area contributed by atoms with Crippen LogP contribution in [0.15, 0.2) is 34.4 Å². The Hall–Kier alpha value is -2.74. The van der Waals surface area contributed by atoms with Gasteiger partial charge in [-0.25, -0.2) is 14.2 Å². The van der Waals surface area contributed by atoms with Gasteiger partial charge < -0.3 is 10.1 Å². The maximum absolute atomic E-state index is 13.9. The van der Waals surface area contributed by atoms with Crippen molar-refractivity contribution in [3.05, 3.63) is 62.8 Å². The zero-order valence-corrected chi connectivity index (χ0v) is 13.8. The number of anilines is 1. The summed E-state index contributed by atoms with van der Waals surface area (Å²) in [5, 5.41) is 4.71. The lowest BCUT2D eigenvalue weighted by Crippen LogP contribution is -2.16. The summed E-state index contributed by atoms with van der Waals surface area (Å²) in [6.07, 6.45) is 0. The second-order valence-corrected chi connectivity index (χ2v) is 5.96. The van der Waals surface area contributed by atoms with E-state index < -0.39 is 11.8 Å². The number of esters is 1. The molecule has 0 radical (unpaired) electrons. The van der Waals surface area contributed by atoms with Gasteiger partial charge in [0.05, 0.1) is 30.6 Å². The number of benzene rings is 1. The van der Waals surface area contributed by atoms with Crippen molar-refractivity contribution in [1.29, 1.82) is 0 Å². The first-order valence-electron chi connectivity index (χ1n) is 7.08. The van der Waals surface area contributed by atoms with Crippen molar-refractivity contribution in [2.75, 3.05) is 12.4 Å². The Morgan fingerprint density at radius 1 is 1.42 bits per heavy atom. The number of nitrogens with zero attached hydrogens (tertiary/aromatic N) is 2. The van der Waals surface area contributed by atoms with Crippen LogP contribution in [0.5, 0.6) is 0 Å². The summed E-state index contributed by atoms with van der Waals surface area (Å²) in [7, 11) is 1.26. The molecule has 0 saturated heterocycles. The van der Waals surface area contributed by atoms with Gasteiger partial charge in [-0.1, -0.05) is 0 Å². The van der Waals surface area contributed by atoms with E-state index >= 15 is 0 Å². The number of aromatic nitrogens is 2. The number of fused-ring (bicyclic) bond motifs is 1. The van der Waals surface area contributed by atoms with Gasteiger partial charge in [0.2, 0.25) is 0 Å². The summed E-state index contributed by atoms with van der Waals surface area (Å²) >= 11 is 1.37. The van der Waals surface area contributed by atoms with Crippen LogP contribution in [0.25, 0.3) is 4.96 Å². The lowest BCUT2D eigenvalue weighted by molar-refractivity contribution is 0.0600. The first-order valence-corrected chi connectivity index (χ1v) is 7.96. The number of halogens is 1. The third-order valence-electron chi connectivity index (χ3n) is 3.48. The minimum absolute atomic E-state index is 0.141. The number of aryl methyl sites for hydroxylation is 1. The molecule has 3 rings (SSSR count). The number of hydrogen-bond acceptors (Lipinski definition) is 6. The highest BCUT2D eigenvalue weighted by Crippen LogP contribution is 2.18. The molecule has 124 valence electrons. The second kappa shape index (κ2) is 6.40. The molecule has 1 aromatic carbocycles. The zero-order valence-electron chi connectivity index (χ0n) is 13.0. The molecule has 0 unspecified atom stereocenters. The third-order valence-corrected chi connectivity index (χ3v) is 4.42. The lowest BCUT2D eigenvalue weighted by Gasteiger charge is -2.09. The highest BCUT2D eigenvalue weighted by Gasteiger charge is 2.11. The minimum Gasteiger partial charge on any atom is -0.465 e. The van der Waals surface area contributed by atoms with Crippen molar-refractivity contribution >= 4 is 28.0 Å². The number of thiazole rings is 1. The SMILES string of the molecule is COC(=O)c1ccc(F)c(NCc2cc(=O)n3c(C)csc3n2)c1. The molecule has 0 amide bonds. The smallest absolute Gasteiger partial charge is 0.337 e. The molecule has 3 aromatic rings. The highest BCUT2D eigenvalue weighted by molar-refractivity contribution is 7.15. The van der Waals surface area contributed by atoms with Crippen molar-refractivity contribution in [1.82, 2.24) is 9.38 Å². The summed E-state index contributed by atoms with van der Waals surface area (Å²) in [6.45, 7) is 1.99. The van der Waals surface area contributed by atoms with Crippen molar-refractivity contribution in [3.8, 4) is 0 Å². The molecule has 2 aromatic heterocycles. The van der Waals surface area contributed by atoms with E-state index in [1.807, 2.05) is 12.3 Å². The Morgan fingerprint density at radius 3 is 2.96 bits per heavy atom. The molecule has 24 heavy (non-hydrogen) atoms. The highest BCUT2D eigenvalue weighted by atomic mass is 32.1. The number of rotatable bonds is 4. The van der Waals surface area contributed by atoms with Crippen LogP contribution < -0.4 is 10.9 Å². The van der Waals surface area contributed by atoms with Crippen LogP contribution in [0.3, 0.4) is 0 Å². The number of hydrogen-bond donors (Lipinski definition) is 1. The van der Waals surface area contributed by atoms with Gasteiger partial charge in [0.15, 0.2) is 4.96 Å². The van der Waals surface area contributed by atoms with Crippen molar-refractivity contribution < 1.29 is 13.9 Å². The first kappa shape index (κ1) is 16.1. The number of ether oxygens (including phenoxy) is 1. The van der Waals surface area contributed by atoms with Crippen LogP contribution >= 0.6 is 11.3 Å². The fourth-order valence-corrected chi connectivity index (χ4v) is 3.17. The third kappa shape index (κ3) is 3.00. The van der Waals surface area contributed by atoms with Crippen molar-refractivity contribution in [2.24, 2.45) is 0 Å². The normalized spacial score (nSPS) is 10.8. The Balaban J connectivity index is 1.86. The van der Waals surface area contributed by atoms with Gasteiger partial charge in [0.25, 0.3) is 5.56 Å². The van der Waals surface area contributed by atoms with E-state index in [0.717, 1.165) is 5.69 Å². The summed E-state index contributed by atoms with van der Waals surface area (Å²) in [5.41, 5.74) is 1.51. The summed E-state index contributed by atoms with van der Waals surface area (Å²) < 4.78 is 20.0. The van der Waals surface area contributed by atoms with Crippen LogP contribution in [-0.2, 0) is 11.3 Å². The van der Waals surface area contributed by atoms with Gasteiger partial charge in [-0.3, -0.25) is 9.20 Å². The molecule has 2 heterocycles. The zero-order chi connectivity index (χ0) is 17.3. The molecule has 0 saturated carbocycles. The van der Waals surface area contributed by atoms with E-state index in [9.17, 15) is 14.0 Å². The van der Waals surface area contributed by atoms with E-state index in [4.69, 9.17) is 0 Å². The number of carbonyl (C=O) groups excluding carboxylic acids is 1. The topological polar surface area (TPSA) is 72.7 Å². The van der Waals surface area contributed by atoms with Gasteiger partial charge in [-0.15, -0.1) is 11.3 Å². The minimum atomic E-state index is -0.551. The molecule has 6 nitrogen and oxygen atoms in total. The van der Waals surface area contributed by atoms with Crippen LogP contribution in [0.2, 0.25) is 0 Å². The molecule has 8 heteroatoms. The molecular formula is C16H14FN3O3S. The van der Waals surface area contributed by atoms with Crippen LogP contribution in [0.1, 0.15) is 21.7 Å². The number of methoxy groups -OCH3 is 1. The molecule has 0 aliphatic heterocycles. The average molecular weight is 347 g/mol. The van der Waals surface area contributed by atoms with E-state index in [0.29, 0.717) is 10.7 Å². The number of nitrogens with one attached hydrogen (secondary N) is 1. The molecule has 0 aliphatic rings. The average Bonchev–Trinajstić information content (AvgIpc) is 2.95. The fraction of sp³-hybridized carbons (Fsp3) is 0.188. The van der Waals surface area contributed by atoms with Gasteiger partial charge in [0, 0.05) is 17.1 Å². The Morgan fingerprint density at radius 2 is 2.21 bits per heavy atom. The molecule has 0 spiro atoms. The first-order chi connectivity index (χ1) is 11.5. The second-order valence-electron chi connectivity index (χ2n) is 5.12. The quantitative estimate of drug-likeness (QED) is 0.735. The Kier molecular flexibility index (Phi) is 4.30. The Labute approximate surface area is 140 Å². The van der Waals surface area contributed by atoms with Crippen LogP contribution in [0.4, 0.5) is 10.1 Å². The number of carbonyl (C=O) groups is 1. The van der Waals surface area contributed by atoms with Crippen LogP contribution in [-0.4, -0.2) is 22.5 Å². The maximum atomic E-state index is 13.9. The van der Waals surface area contributed by atoms with E-state index in [1.54, 1.807) is 0 Å². The summed E-state index contributed by atoms with van der Waals surface area (Å²) in [6, 6.07) is 5.30. The van der Waals surface area contributed by atoms with Gasteiger partial charge in [-0.05, 0) is 25.1 Å². The molecule has 0 bridgehead atoms. The standard InChI is InChI=1S/C16H14FN3O3S/c1-9-8-24-16-19-11(6-14(21)20(9)16)7-18-13-5-10(15(22)23-2)3-4-12(13)17/h3-6,8,18H,7H2,1-2H3. The largest absolute Gasteiger partial charge is 0.465 e. The van der Waals surface area contributed by atoms with Crippen molar-refractivity contribution in [3.63, 3.8) is 0 Å². The van der Waals surface area contributed by atoms with E-state index in [1.165, 1.54) is 47.1 Å².